The highest BCUT2D eigenvalue weighted by molar-refractivity contribution is 5.96. The molecule has 1 atom stereocenters. The van der Waals surface area contributed by atoms with E-state index in [0.717, 1.165) is 18.4 Å². The van der Waals surface area contributed by atoms with Gasteiger partial charge in [0.1, 0.15) is 0 Å². The molecule has 0 saturated heterocycles. The van der Waals surface area contributed by atoms with E-state index in [4.69, 9.17) is 5.73 Å². The van der Waals surface area contributed by atoms with Gasteiger partial charge in [0, 0.05) is 11.4 Å². The van der Waals surface area contributed by atoms with E-state index in [1.165, 1.54) is 0 Å². The number of hydrogen-bond donors (Lipinski definition) is 3. The highest BCUT2D eigenvalue weighted by atomic mass is 16.2. The maximum absolute atomic E-state index is 12.6. The SMILES string of the molecule is CCC[C@@H](C(=O)Nc1ccc(NC(N)=O)cc1)c1ccccc1. The van der Waals surface area contributed by atoms with Crippen molar-refractivity contribution in [1.29, 1.82) is 0 Å². The summed E-state index contributed by atoms with van der Waals surface area (Å²) in [5.74, 6) is -0.210. The molecule has 0 radical (unpaired) electrons. The van der Waals surface area contributed by atoms with Gasteiger partial charge in [-0.1, -0.05) is 43.7 Å². The van der Waals surface area contributed by atoms with E-state index in [-0.39, 0.29) is 11.8 Å². The first-order valence-electron chi connectivity index (χ1n) is 7.62. The minimum atomic E-state index is -0.617. The van der Waals surface area contributed by atoms with Crippen molar-refractivity contribution in [3.05, 3.63) is 60.2 Å². The Morgan fingerprint density at radius 1 is 0.957 bits per heavy atom. The molecule has 0 aliphatic carbocycles. The van der Waals surface area contributed by atoms with Crippen molar-refractivity contribution in [1.82, 2.24) is 0 Å². The number of carbonyl (C=O) groups is 2. The Labute approximate surface area is 135 Å². The van der Waals surface area contributed by atoms with Crippen molar-refractivity contribution < 1.29 is 9.59 Å². The normalized spacial score (nSPS) is 11.5. The van der Waals surface area contributed by atoms with Gasteiger partial charge < -0.3 is 16.4 Å². The van der Waals surface area contributed by atoms with Crippen molar-refractivity contribution in [2.45, 2.75) is 25.7 Å². The number of benzene rings is 2. The van der Waals surface area contributed by atoms with Crippen molar-refractivity contribution in [2.75, 3.05) is 10.6 Å². The fraction of sp³-hybridized carbons (Fsp3) is 0.222. The van der Waals surface area contributed by atoms with Gasteiger partial charge in [-0.2, -0.15) is 0 Å². The van der Waals surface area contributed by atoms with E-state index in [1.807, 2.05) is 30.3 Å². The molecule has 0 bridgehead atoms. The lowest BCUT2D eigenvalue weighted by atomic mass is 9.93. The molecule has 2 aromatic rings. The zero-order chi connectivity index (χ0) is 16.7. The number of rotatable bonds is 6. The maximum Gasteiger partial charge on any atom is 0.316 e. The van der Waals surface area contributed by atoms with Crippen LogP contribution in [-0.4, -0.2) is 11.9 Å². The van der Waals surface area contributed by atoms with Gasteiger partial charge in [0.2, 0.25) is 5.91 Å². The molecule has 0 saturated carbocycles. The second kappa shape index (κ2) is 7.98. The van der Waals surface area contributed by atoms with Crippen LogP contribution in [0, 0.1) is 0 Å². The van der Waals surface area contributed by atoms with Crippen LogP contribution in [0.1, 0.15) is 31.2 Å². The Bertz CT molecular complexity index is 654. The number of nitrogens with one attached hydrogen (secondary N) is 2. The summed E-state index contributed by atoms with van der Waals surface area (Å²) < 4.78 is 0. The number of carbonyl (C=O) groups excluding carboxylic acids is 2. The number of nitrogens with two attached hydrogens (primary N) is 1. The van der Waals surface area contributed by atoms with Crippen LogP contribution >= 0.6 is 0 Å². The van der Waals surface area contributed by atoms with Crippen molar-refractivity contribution in [3.8, 4) is 0 Å². The highest BCUT2D eigenvalue weighted by Crippen LogP contribution is 2.23. The fourth-order valence-corrected chi connectivity index (χ4v) is 2.43. The summed E-state index contributed by atoms with van der Waals surface area (Å²) in [4.78, 5) is 23.4. The van der Waals surface area contributed by atoms with Gasteiger partial charge in [-0.3, -0.25) is 4.79 Å². The molecule has 0 spiro atoms. The summed E-state index contributed by atoms with van der Waals surface area (Å²) in [7, 11) is 0. The largest absolute Gasteiger partial charge is 0.351 e. The van der Waals surface area contributed by atoms with Crippen molar-refractivity contribution in [3.63, 3.8) is 0 Å². The molecule has 2 aromatic carbocycles. The van der Waals surface area contributed by atoms with Gasteiger partial charge in [0.25, 0.3) is 0 Å². The molecule has 0 unspecified atom stereocenters. The number of urea groups is 1. The molecular weight excluding hydrogens is 290 g/mol. The Morgan fingerprint density at radius 2 is 1.52 bits per heavy atom. The molecule has 5 heteroatoms. The molecular formula is C18H21N3O2. The van der Waals surface area contributed by atoms with Gasteiger partial charge in [-0.05, 0) is 36.2 Å². The number of amides is 3. The Balaban J connectivity index is 2.08. The molecule has 5 nitrogen and oxygen atoms in total. The number of hydrogen-bond acceptors (Lipinski definition) is 2. The zero-order valence-corrected chi connectivity index (χ0v) is 13.1. The van der Waals surface area contributed by atoms with E-state index in [2.05, 4.69) is 17.6 Å². The molecule has 0 aliphatic heterocycles. The van der Waals surface area contributed by atoms with Gasteiger partial charge in [0.05, 0.1) is 5.92 Å². The second-order valence-corrected chi connectivity index (χ2v) is 5.31. The lowest BCUT2D eigenvalue weighted by Crippen LogP contribution is -2.21. The quantitative estimate of drug-likeness (QED) is 0.760. The van der Waals surface area contributed by atoms with Crippen LogP contribution in [0.2, 0.25) is 0 Å². The third-order valence-corrected chi connectivity index (χ3v) is 3.52. The summed E-state index contributed by atoms with van der Waals surface area (Å²) >= 11 is 0. The number of primary amides is 1. The third kappa shape index (κ3) is 4.85. The van der Waals surface area contributed by atoms with Crippen LogP contribution in [0.25, 0.3) is 0 Å². The summed E-state index contributed by atoms with van der Waals surface area (Å²) in [6, 6.07) is 16.0. The summed E-state index contributed by atoms with van der Waals surface area (Å²) in [6.07, 6.45) is 1.71. The standard InChI is InChI=1S/C18H21N3O2/c1-2-6-16(13-7-4-3-5-8-13)17(22)20-14-9-11-15(12-10-14)21-18(19)23/h3-5,7-12,16H,2,6H2,1H3,(H,20,22)(H3,19,21,23)/t16-/m1/s1. The molecule has 0 aromatic heterocycles. The van der Waals surface area contributed by atoms with Gasteiger partial charge in [-0.25, -0.2) is 4.79 Å². The van der Waals surface area contributed by atoms with Crippen molar-refractivity contribution >= 4 is 23.3 Å². The van der Waals surface area contributed by atoms with Crippen LogP contribution in [0.3, 0.4) is 0 Å². The average Bonchev–Trinajstić information content (AvgIpc) is 2.54. The topological polar surface area (TPSA) is 84.2 Å². The van der Waals surface area contributed by atoms with E-state index in [0.29, 0.717) is 11.4 Å². The molecule has 2 rings (SSSR count). The number of anilines is 2. The second-order valence-electron chi connectivity index (χ2n) is 5.31. The van der Waals surface area contributed by atoms with Crippen LogP contribution in [-0.2, 0) is 4.79 Å². The minimum absolute atomic E-state index is 0.0336. The third-order valence-electron chi connectivity index (χ3n) is 3.52. The first-order valence-corrected chi connectivity index (χ1v) is 7.62. The van der Waals surface area contributed by atoms with Crippen LogP contribution < -0.4 is 16.4 Å². The molecule has 3 amide bonds. The molecule has 23 heavy (non-hydrogen) atoms. The van der Waals surface area contributed by atoms with Crippen LogP contribution in [0.4, 0.5) is 16.2 Å². The van der Waals surface area contributed by atoms with Gasteiger partial charge in [0.15, 0.2) is 0 Å². The summed E-state index contributed by atoms with van der Waals surface area (Å²) in [6.45, 7) is 2.06. The minimum Gasteiger partial charge on any atom is -0.351 e. The van der Waals surface area contributed by atoms with E-state index in [9.17, 15) is 9.59 Å². The monoisotopic (exact) mass is 311 g/mol. The molecule has 4 N–H and O–H groups in total. The summed E-state index contributed by atoms with van der Waals surface area (Å²) in [5, 5.41) is 5.40. The first kappa shape index (κ1) is 16.5. The highest BCUT2D eigenvalue weighted by Gasteiger charge is 2.19. The molecule has 0 fully saturated rings. The lowest BCUT2D eigenvalue weighted by Gasteiger charge is -2.16. The summed E-state index contributed by atoms with van der Waals surface area (Å²) in [5.41, 5.74) is 7.34. The predicted octanol–water partition coefficient (Wildman–Crippen LogP) is 3.70. The fourth-order valence-electron chi connectivity index (χ4n) is 2.43. The van der Waals surface area contributed by atoms with Crippen LogP contribution in [0.5, 0.6) is 0 Å². The first-order chi connectivity index (χ1) is 11.1. The zero-order valence-electron chi connectivity index (χ0n) is 13.1. The molecule has 0 heterocycles. The Hall–Kier alpha value is -2.82. The Kier molecular flexibility index (Phi) is 5.74. The van der Waals surface area contributed by atoms with E-state index >= 15 is 0 Å². The molecule has 0 aliphatic rings. The predicted molar refractivity (Wildman–Crippen MR) is 92.4 cm³/mol. The van der Waals surface area contributed by atoms with E-state index < -0.39 is 6.03 Å². The average molecular weight is 311 g/mol. The van der Waals surface area contributed by atoms with Crippen LogP contribution in [0.15, 0.2) is 54.6 Å². The molecule has 120 valence electrons. The Morgan fingerprint density at radius 3 is 2.04 bits per heavy atom. The maximum atomic E-state index is 12.6. The van der Waals surface area contributed by atoms with Gasteiger partial charge >= 0.3 is 6.03 Å². The van der Waals surface area contributed by atoms with E-state index in [1.54, 1.807) is 24.3 Å². The smallest absolute Gasteiger partial charge is 0.316 e. The van der Waals surface area contributed by atoms with Gasteiger partial charge in [-0.15, -0.1) is 0 Å². The lowest BCUT2D eigenvalue weighted by molar-refractivity contribution is -0.117. The van der Waals surface area contributed by atoms with Crippen molar-refractivity contribution in [2.24, 2.45) is 5.73 Å².